The maximum absolute atomic E-state index is 5.33. The molecule has 0 aliphatic carbocycles. The summed E-state index contributed by atoms with van der Waals surface area (Å²) in [6.45, 7) is 4.74. The molecule has 1 aromatic heterocycles. The minimum atomic E-state index is 0.674. The first-order valence-electron chi connectivity index (χ1n) is 7.95. The number of hydrogen-bond donors (Lipinski definition) is 0. The van der Waals surface area contributed by atoms with Gasteiger partial charge in [-0.1, -0.05) is 36.7 Å². The monoisotopic (exact) mass is 302 g/mol. The minimum Gasteiger partial charge on any atom is -0.363 e. The van der Waals surface area contributed by atoms with Gasteiger partial charge in [0.2, 0.25) is 5.89 Å². The van der Waals surface area contributed by atoms with E-state index in [0.717, 1.165) is 44.1 Å². The van der Waals surface area contributed by atoms with E-state index in [1.807, 2.05) is 6.07 Å². The second-order valence-electron chi connectivity index (χ2n) is 5.77. The molecule has 2 rings (SSSR count). The van der Waals surface area contributed by atoms with Crippen molar-refractivity contribution < 1.29 is 4.52 Å². The molecule has 1 heterocycles. The van der Waals surface area contributed by atoms with Gasteiger partial charge in [0, 0.05) is 25.2 Å². The molecule has 0 unspecified atom stereocenters. The summed E-state index contributed by atoms with van der Waals surface area (Å²) >= 11 is 0. The highest BCUT2D eigenvalue weighted by molar-refractivity contribution is 5.45. The van der Waals surface area contributed by atoms with E-state index < -0.39 is 0 Å². The molecule has 5 nitrogen and oxygen atoms in total. The van der Waals surface area contributed by atoms with E-state index in [2.05, 4.69) is 65.2 Å². The van der Waals surface area contributed by atoms with Gasteiger partial charge in [0.05, 0.1) is 6.54 Å². The molecule has 0 radical (unpaired) electrons. The highest BCUT2D eigenvalue weighted by Crippen LogP contribution is 2.16. The van der Waals surface area contributed by atoms with Crippen LogP contribution >= 0.6 is 0 Å². The lowest BCUT2D eigenvalue weighted by molar-refractivity contribution is 0.368. The first kappa shape index (κ1) is 16.5. The molecule has 22 heavy (non-hydrogen) atoms. The lowest BCUT2D eigenvalue weighted by Crippen LogP contribution is -2.31. The molecule has 5 heteroatoms. The highest BCUT2D eigenvalue weighted by Gasteiger charge is 2.12. The summed E-state index contributed by atoms with van der Waals surface area (Å²) in [7, 11) is 4.17. The Hall–Kier alpha value is -1.88. The Morgan fingerprint density at radius 1 is 1.09 bits per heavy atom. The summed E-state index contributed by atoms with van der Waals surface area (Å²) < 4.78 is 5.33. The fraction of sp³-hybridized carbons (Fsp3) is 0.529. The third-order valence-electron chi connectivity index (χ3n) is 3.53. The number of para-hydroxylation sites is 1. The second kappa shape index (κ2) is 8.54. The van der Waals surface area contributed by atoms with Crippen LogP contribution in [-0.2, 0) is 13.0 Å². The van der Waals surface area contributed by atoms with Gasteiger partial charge in [-0.05, 0) is 32.6 Å². The van der Waals surface area contributed by atoms with Crippen molar-refractivity contribution in [3.8, 4) is 0 Å². The number of aryl methyl sites for hydroxylation is 1. The van der Waals surface area contributed by atoms with E-state index >= 15 is 0 Å². The number of hydrogen-bond acceptors (Lipinski definition) is 5. The molecule has 0 bridgehead atoms. The predicted octanol–water partition coefficient (Wildman–Crippen LogP) is 2.98. The van der Waals surface area contributed by atoms with Crippen molar-refractivity contribution in [2.75, 3.05) is 32.1 Å². The molecule has 0 fully saturated rings. The van der Waals surface area contributed by atoms with Crippen LogP contribution < -0.4 is 4.90 Å². The number of anilines is 1. The maximum atomic E-state index is 5.33. The molecule has 0 aliphatic heterocycles. The smallest absolute Gasteiger partial charge is 0.226 e. The van der Waals surface area contributed by atoms with Crippen molar-refractivity contribution >= 4 is 5.69 Å². The zero-order valence-electron chi connectivity index (χ0n) is 13.8. The summed E-state index contributed by atoms with van der Waals surface area (Å²) in [6, 6.07) is 10.4. The van der Waals surface area contributed by atoms with Crippen LogP contribution in [0.2, 0.25) is 0 Å². The fourth-order valence-corrected chi connectivity index (χ4v) is 2.21. The molecule has 0 N–H and O–H groups in total. The topological polar surface area (TPSA) is 45.4 Å². The van der Waals surface area contributed by atoms with Crippen LogP contribution in [0.3, 0.4) is 0 Å². The molecule has 0 amide bonds. The van der Waals surface area contributed by atoms with Crippen molar-refractivity contribution in [1.82, 2.24) is 15.0 Å². The average molecular weight is 302 g/mol. The Bertz CT molecular complexity index is 539. The molecule has 0 aliphatic rings. The van der Waals surface area contributed by atoms with E-state index in [9.17, 15) is 0 Å². The molecular formula is C17H26N4O. The Balaban J connectivity index is 2.04. The van der Waals surface area contributed by atoms with Crippen LogP contribution in [0.4, 0.5) is 5.69 Å². The van der Waals surface area contributed by atoms with Gasteiger partial charge in [-0.3, -0.25) is 0 Å². The molecule has 0 saturated heterocycles. The van der Waals surface area contributed by atoms with E-state index in [-0.39, 0.29) is 0 Å². The van der Waals surface area contributed by atoms with Crippen LogP contribution in [0, 0.1) is 0 Å². The van der Waals surface area contributed by atoms with Gasteiger partial charge >= 0.3 is 0 Å². The highest BCUT2D eigenvalue weighted by atomic mass is 16.5. The van der Waals surface area contributed by atoms with Gasteiger partial charge in [-0.2, -0.15) is 4.98 Å². The van der Waals surface area contributed by atoms with Gasteiger partial charge in [0.15, 0.2) is 5.82 Å². The fourth-order valence-electron chi connectivity index (χ4n) is 2.21. The van der Waals surface area contributed by atoms with Gasteiger partial charge in [-0.25, -0.2) is 0 Å². The lowest BCUT2D eigenvalue weighted by atomic mass is 10.2. The van der Waals surface area contributed by atoms with E-state index in [4.69, 9.17) is 4.52 Å². The molecule has 0 saturated carbocycles. The predicted molar refractivity (Wildman–Crippen MR) is 89.0 cm³/mol. The molecule has 0 spiro atoms. The Morgan fingerprint density at radius 3 is 2.55 bits per heavy atom. The van der Waals surface area contributed by atoms with Crippen LogP contribution in [0.15, 0.2) is 34.9 Å². The van der Waals surface area contributed by atoms with Crippen molar-refractivity contribution in [2.24, 2.45) is 0 Å². The maximum Gasteiger partial charge on any atom is 0.226 e. The lowest BCUT2D eigenvalue weighted by Gasteiger charge is -2.25. The van der Waals surface area contributed by atoms with Crippen LogP contribution in [0.1, 0.15) is 31.5 Å². The number of aromatic nitrogens is 2. The Morgan fingerprint density at radius 2 is 1.86 bits per heavy atom. The summed E-state index contributed by atoms with van der Waals surface area (Å²) in [5, 5.41) is 4.12. The van der Waals surface area contributed by atoms with Gasteiger partial charge < -0.3 is 14.3 Å². The van der Waals surface area contributed by atoms with Crippen LogP contribution in [-0.4, -0.2) is 42.2 Å². The number of nitrogens with zero attached hydrogens (tertiary/aromatic N) is 4. The van der Waals surface area contributed by atoms with Gasteiger partial charge in [0.25, 0.3) is 0 Å². The Labute approximate surface area is 132 Å². The molecule has 0 atom stereocenters. The van der Waals surface area contributed by atoms with Crippen LogP contribution in [0.5, 0.6) is 0 Å². The second-order valence-corrected chi connectivity index (χ2v) is 5.77. The van der Waals surface area contributed by atoms with E-state index in [1.165, 1.54) is 5.69 Å². The number of likely N-dealkylation sites (N-methyl/N-ethyl adjacent to an activating group) is 1. The molecule has 1 aromatic carbocycles. The zero-order valence-corrected chi connectivity index (χ0v) is 13.8. The summed E-state index contributed by atoms with van der Waals surface area (Å²) in [5.41, 5.74) is 1.18. The van der Waals surface area contributed by atoms with Crippen molar-refractivity contribution in [3.63, 3.8) is 0 Å². The Kier molecular flexibility index (Phi) is 6.40. The summed E-state index contributed by atoms with van der Waals surface area (Å²) in [4.78, 5) is 8.97. The van der Waals surface area contributed by atoms with Gasteiger partial charge in [0.1, 0.15) is 0 Å². The quantitative estimate of drug-likeness (QED) is 0.712. The number of rotatable bonds is 9. The van der Waals surface area contributed by atoms with Crippen molar-refractivity contribution in [2.45, 2.75) is 32.7 Å². The largest absolute Gasteiger partial charge is 0.363 e. The standard InChI is InChI=1S/C17H26N4O/c1-4-5-11-17-18-16(19-22-17)14-21(13-12-20(2)3)15-9-7-6-8-10-15/h6-10H,4-5,11-14H2,1-3H3. The van der Waals surface area contributed by atoms with E-state index in [1.54, 1.807) is 0 Å². The molecular weight excluding hydrogens is 276 g/mol. The van der Waals surface area contributed by atoms with Crippen molar-refractivity contribution in [3.05, 3.63) is 42.0 Å². The molecule has 120 valence electrons. The third kappa shape index (κ3) is 5.15. The van der Waals surface area contributed by atoms with Gasteiger partial charge in [-0.15, -0.1) is 0 Å². The summed E-state index contributed by atoms with van der Waals surface area (Å²) in [5.74, 6) is 1.51. The molecule has 2 aromatic rings. The normalized spacial score (nSPS) is 11.1. The van der Waals surface area contributed by atoms with Crippen molar-refractivity contribution in [1.29, 1.82) is 0 Å². The SMILES string of the molecule is CCCCc1nc(CN(CCN(C)C)c2ccccc2)no1. The van der Waals surface area contributed by atoms with E-state index in [0.29, 0.717) is 6.54 Å². The number of unbranched alkanes of at least 4 members (excludes halogenated alkanes) is 1. The first-order valence-corrected chi connectivity index (χ1v) is 7.95. The minimum absolute atomic E-state index is 0.674. The third-order valence-corrected chi connectivity index (χ3v) is 3.53. The number of benzene rings is 1. The average Bonchev–Trinajstić information content (AvgIpc) is 2.97. The van der Waals surface area contributed by atoms with Crippen LogP contribution in [0.25, 0.3) is 0 Å². The first-order chi connectivity index (χ1) is 10.7. The zero-order chi connectivity index (χ0) is 15.8. The summed E-state index contributed by atoms with van der Waals surface area (Å²) in [6.07, 6.45) is 3.09.